The third-order valence-corrected chi connectivity index (χ3v) is 2.60. The molecule has 0 spiro atoms. The first-order valence-electron chi connectivity index (χ1n) is 4.87. The molecule has 1 aliphatic rings. The number of nitro groups is 1. The number of hydrogen-bond acceptors (Lipinski definition) is 6. The molecule has 0 aromatic heterocycles. The predicted molar refractivity (Wildman–Crippen MR) is 58.4 cm³/mol. The fourth-order valence-corrected chi connectivity index (χ4v) is 1.48. The van der Waals surface area contributed by atoms with Gasteiger partial charge in [-0.05, 0) is 13.0 Å². The van der Waals surface area contributed by atoms with Gasteiger partial charge in [-0.1, -0.05) is 0 Å². The van der Waals surface area contributed by atoms with Gasteiger partial charge in [-0.2, -0.15) is 0 Å². The molecule has 1 aromatic rings. The van der Waals surface area contributed by atoms with E-state index in [4.69, 9.17) is 9.84 Å². The van der Waals surface area contributed by atoms with Gasteiger partial charge in [-0.15, -0.1) is 0 Å². The number of rotatable bonds is 2. The van der Waals surface area contributed by atoms with Crippen molar-refractivity contribution in [2.24, 2.45) is 0 Å². The highest BCUT2D eigenvalue weighted by Gasteiger charge is 2.47. The van der Waals surface area contributed by atoms with Crippen molar-refractivity contribution in [3.05, 3.63) is 28.3 Å². The lowest BCUT2D eigenvalue weighted by atomic mass is 10.0. The van der Waals surface area contributed by atoms with Crippen LogP contribution in [0.1, 0.15) is 6.92 Å². The number of carbonyl (C=O) groups excluding carboxylic acids is 1. The molecule has 2 rings (SSSR count). The number of carboxylic acids is 1. The largest absolute Gasteiger partial charge is 0.479 e. The molecule has 0 saturated heterocycles. The predicted octanol–water partition coefficient (Wildman–Crippen LogP) is 0.769. The molecule has 0 amide bonds. The van der Waals surface area contributed by atoms with Gasteiger partial charge in [0.05, 0.1) is 16.7 Å². The van der Waals surface area contributed by atoms with Crippen molar-refractivity contribution >= 4 is 23.3 Å². The summed E-state index contributed by atoms with van der Waals surface area (Å²) in [6, 6.07) is 3.54. The smallest absolute Gasteiger partial charge is 0.348 e. The number of ether oxygens (including phenoxy) is 1. The molecule has 8 nitrogen and oxygen atoms in total. The van der Waals surface area contributed by atoms with E-state index in [1.54, 1.807) is 0 Å². The normalized spacial score (nSPS) is 21.5. The Morgan fingerprint density at radius 1 is 1.56 bits per heavy atom. The topological polar surface area (TPSA) is 119 Å². The lowest BCUT2D eigenvalue weighted by Crippen LogP contribution is -2.55. The number of anilines is 1. The Morgan fingerprint density at radius 2 is 2.22 bits per heavy atom. The first-order valence-corrected chi connectivity index (χ1v) is 4.87. The summed E-state index contributed by atoms with van der Waals surface area (Å²) in [4.78, 5) is 32.5. The summed E-state index contributed by atoms with van der Waals surface area (Å²) in [6.07, 6.45) is 0. The van der Waals surface area contributed by atoms with Crippen LogP contribution in [0.4, 0.5) is 11.4 Å². The molecule has 2 N–H and O–H groups in total. The lowest BCUT2D eigenvalue weighted by molar-refractivity contribution is -0.384. The van der Waals surface area contributed by atoms with Crippen LogP contribution in [-0.4, -0.2) is 27.5 Å². The van der Waals surface area contributed by atoms with Crippen LogP contribution >= 0.6 is 0 Å². The maximum atomic E-state index is 11.6. The van der Waals surface area contributed by atoms with Crippen LogP contribution in [-0.2, 0) is 9.59 Å². The average molecular weight is 252 g/mol. The van der Waals surface area contributed by atoms with Gasteiger partial charge < -0.3 is 15.2 Å². The van der Waals surface area contributed by atoms with Gasteiger partial charge in [-0.3, -0.25) is 10.1 Å². The zero-order chi connectivity index (χ0) is 13.5. The van der Waals surface area contributed by atoms with E-state index in [2.05, 4.69) is 5.32 Å². The van der Waals surface area contributed by atoms with Crippen LogP contribution in [0.3, 0.4) is 0 Å². The van der Waals surface area contributed by atoms with Gasteiger partial charge in [0, 0.05) is 6.07 Å². The molecule has 8 heteroatoms. The maximum absolute atomic E-state index is 11.6. The molecule has 1 heterocycles. The van der Waals surface area contributed by atoms with Crippen LogP contribution in [0.25, 0.3) is 0 Å². The molecule has 1 atom stereocenters. The van der Waals surface area contributed by atoms with E-state index in [1.807, 2.05) is 0 Å². The number of carboxylic acid groups (broad SMARTS) is 1. The van der Waals surface area contributed by atoms with Gasteiger partial charge >= 0.3 is 11.9 Å². The van der Waals surface area contributed by atoms with Crippen molar-refractivity contribution in [2.75, 3.05) is 5.32 Å². The van der Waals surface area contributed by atoms with E-state index in [0.29, 0.717) is 0 Å². The Morgan fingerprint density at radius 3 is 2.78 bits per heavy atom. The monoisotopic (exact) mass is 252 g/mol. The molecule has 1 aromatic carbocycles. The SMILES string of the molecule is C[C@@]1(C(=O)O)Nc2ccc([N+](=O)[O-])cc2OC1=O. The number of fused-ring (bicyclic) bond motifs is 1. The standard InChI is InChI=1S/C10H8N2O6/c1-10(8(13)14)9(15)18-7-4-5(12(16)17)2-3-6(7)11-10/h2-4,11H,1H3,(H,13,14)/t10-/m0/s1. The maximum Gasteiger partial charge on any atom is 0.348 e. The molecule has 0 aliphatic carbocycles. The molecule has 1 aliphatic heterocycles. The summed E-state index contributed by atoms with van der Waals surface area (Å²) in [6.45, 7) is 1.15. The fourth-order valence-electron chi connectivity index (χ4n) is 1.48. The number of benzene rings is 1. The van der Waals surface area contributed by atoms with E-state index >= 15 is 0 Å². The minimum absolute atomic E-state index is 0.0621. The quantitative estimate of drug-likeness (QED) is 0.262. The van der Waals surface area contributed by atoms with Gasteiger partial charge in [0.1, 0.15) is 0 Å². The number of aliphatic carboxylic acids is 1. The summed E-state index contributed by atoms with van der Waals surface area (Å²) >= 11 is 0. The fraction of sp³-hybridized carbons (Fsp3) is 0.200. The van der Waals surface area contributed by atoms with Gasteiger partial charge in [0.2, 0.25) is 5.54 Å². The number of nitro benzene ring substituents is 1. The zero-order valence-corrected chi connectivity index (χ0v) is 9.17. The summed E-state index contributed by atoms with van der Waals surface area (Å²) in [7, 11) is 0. The van der Waals surface area contributed by atoms with Crippen LogP contribution in [0.5, 0.6) is 5.75 Å². The first-order chi connectivity index (χ1) is 8.34. The number of carbonyl (C=O) groups is 2. The van der Waals surface area contributed by atoms with Crippen LogP contribution in [0, 0.1) is 10.1 Å². The zero-order valence-electron chi connectivity index (χ0n) is 9.17. The Balaban J connectivity index is 2.46. The van der Waals surface area contributed by atoms with Crippen molar-refractivity contribution in [3.8, 4) is 5.75 Å². The average Bonchev–Trinajstić information content (AvgIpc) is 2.29. The third-order valence-electron chi connectivity index (χ3n) is 2.60. The molecule has 0 fully saturated rings. The van der Waals surface area contributed by atoms with E-state index < -0.39 is 22.4 Å². The van der Waals surface area contributed by atoms with E-state index in [9.17, 15) is 19.7 Å². The van der Waals surface area contributed by atoms with Crippen molar-refractivity contribution in [2.45, 2.75) is 12.5 Å². The molecule has 0 radical (unpaired) electrons. The summed E-state index contributed by atoms with van der Waals surface area (Å²) in [5.41, 5.74) is -1.93. The first kappa shape index (κ1) is 11.8. The number of non-ortho nitro benzene ring substituents is 1. The number of esters is 1. The molecule has 0 bridgehead atoms. The molecule has 18 heavy (non-hydrogen) atoms. The van der Waals surface area contributed by atoms with Crippen molar-refractivity contribution in [1.82, 2.24) is 0 Å². The number of hydrogen-bond donors (Lipinski definition) is 2. The number of nitrogens with one attached hydrogen (secondary N) is 1. The Bertz CT molecular complexity index is 569. The summed E-state index contributed by atoms with van der Waals surface area (Å²) in [5.74, 6) is -2.48. The Labute approximate surface area is 100 Å². The van der Waals surface area contributed by atoms with E-state index in [0.717, 1.165) is 13.0 Å². The summed E-state index contributed by atoms with van der Waals surface area (Å²) < 4.78 is 4.81. The van der Waals surface area contributed by atoms with Crippen LogP contribution < -0.4 is 10.1 Å². The van der Waals surface area contributed by atoms with E-state index in [1.165, 1.54) is 12.1 Å². The molecular weight excluding hydrogens is 244 g/mol. The lowest BCUT2D eigenvalue weighted by Gasteiger charge is -2.30. The van der Waals surface area contributed by atoms with Crippen molar-refractivity contribution in [1.29, 1.82) is 0 Å². The third kappa shape index (κ3) is 1.63. The highest BCUT2D eigenvalue weighted by molar-refractivity contribution is 6.09. The second-order valence-corrected chi connectivity index (χ2v) is 3.88. The van der Waals surface area contributed by atoms with Gasteiger partial charge in [0.15, 0.2) is 5.75 Å². The minimum atomic E-state index is -1.90. The van der Waals surface area contributed by atoms with Crippen LogP contribution in [0.2, 0.25) is 0 Å². The molecule has 0 unspecified atom stereocenters. The summed E-state index contributed by atoms with van der Waals surface area (Å²) in [5, 5.41) is 22.0. The highest BCUT2D eigenvalue weighted by Crippen LogP contribution is 2.35. The Hall–Kier alpha value is -2.64. The molecule has 0 saturated carbocycles. The van der Waals surface area contributed by atoms with Crippen molar-refractivity contribution < 1.29 is 24.4 Å². The van der Waals surface area contributed by atoms with Gasteiger partial charge in [-0.25, -0.2) is 9.59 Å². The molecule has 94 valence electrons. The second kappa shape index (κ2) is 3.69. The second-order valence-electron chi connectivity index (χ2n) is 3.88. The van der Waals surface area contributed by atoms with E-state index in [-0.39, 0.29) is 17.1 Å². The highest BCUT2D eigenvalue weighted by atomic mass is 16.6. The molecular formula is C10H8N2O6. The van der Waals surface area contributed by atoms with Crippen molar-refractivity contribution in [3.63, 3.8) is 0 Å². The van der Waals surface area contributed by atoms with Gasteiger partial charge in [0.25, 0.3) is 5.69 Å². The Kier molecular flexibility index (Phi) is 2.43. The van der Waals surface area contributed by atoms with Crippen LogP contribution in [0.15, 0.2) is 18.2 Å². The minimum Gasteiger partial charge on any atom is -0.479 e. The number of nitrogens with zero attached hydrogens (tertiary/aromatic N) is 1.